The monoisotopic (exact) mass is 285 g/mol. The van der Waals surface area contributed by atoms with Gasteiger partial charge in [0.05, 0.1) is 18.6 Å². The van der Waals surface area contributed by atoms with Crippen LogP contribution in [0.2, 0.25) is 0 Å². The summed E-state index contributed by atoms with van der Waals surface area (Å²) in [6.07, 6.45) is 4.52. The second-order valence-electron chi connectivity index (χ2n) is 6.45. The van der Waals surface area contributed by atoms with Crippen molar-refractivity contribution < 1.29 is 19.1 Å². The molecule has 0 bridgehead atoms. The summed E-state index contributed by atoms with van der Waals surface area (Å²) in [5.74, 6) is -0.259. The molecule has 116 valence electrons. The van der Waals surface area contributed by atoms with Gasteiger partial charge in [-0.15, -0.1) is 0 Å². The summed E-state index contributed by atoms with van der Waals surface area (Å²) in [4.78, 5) is 23.8. The van der Waals surface area contributed by atoms with E-state index in [2.05, 4.69) is 5.32 Å². The number of amides is 1. The Morgan fingerprint density at radius 2 is 1.75 bits per heavy atom. The number of hydrogen-bond donors (Lipinski definition) is 1. The zero-order valence-corrected chi connectivity index (χ0v) is 13.1. The molecule has 5 nitrogen and oxygen atoms in total. The third-order valence-corrected chi connectivity index (χ3v) is 3.36. The van der Waals surface area contributed by atoms with E-state index in [1.165, 1.54) is 0 Å². The van der Waals surface area contributed by atoms with Crippen LogP contribution in [-0.2, 0) is 14.3 Å². The van der Waals surface area contributed by atoms with E-state index in [0.29, 0.717) is 6.61 Å². The van der Waals surface area contributed by atoms with Crippen molar-refractivity contribution in [3.63, 3.8) is 0 Å². The highest BCUT2D eigenvalue weighted by molar-refractivity contribution is 5.74. The molecule has 1 rings (SSSR count). The number of alkyl carbamates (subject to hydrolysis) is 1. The van der Waals surface area contributed by atoms with E-state index >= 15 is 0 Å². The van der Waals surface area contributed by atoms with Crippen LogP contribution in [0.3, 0.4) is 0 Å². The maximum Gasteiger partial charge on any atom is 0.408 e. The van der Waals surface area contributed by atoms with Gasteiger partial charge in [0.15, 0.2) is 0 Å². The largest absolute Gasteiger partial charge is 0.466 e. The van der Waals surface area contributed by atoms with E-state index in [1.54, 1.807) is 6.92 Å². The van der Waals surface area contributed by atoms with Crippen LogP contribution in [0.5, 0.6) is 0 Å². The third-order valence-electron chi connectivity index (χ3n) is 3.36. The van der Waals surface area contributed by atoms with Crippen molar-refractivity contribution in [3.05, 3.63) is 0 Å². The van der Waals surface area contributed by atoms with Gasteiger partial charge in [-0.2, -0.15) is 0 Å². The molecule has 1 saturated carbocycles. The first kappa shape index (κ1) is 16.8. The molecule has 0 heterocycles. The summed E-state index contributed by atoms with van der Waals surface area (Å²) in [5.41, 5.74) is -1.04. The summed E-state index contributed by atoms with van der Waals surface area (Å²) in [5, 5.41) is 2.92. The molecule has 0 saturated heterocycles. The minimum atomic E-state index is -0.538. The Morgan fingerprint density at radius 1 is 1.15 bits per heavy atom. The molecule has 1 fully saturated rings. The van der Waals surface area contributed by atoms with Gasteiger partial charge >= 0.3 is 12.1 Å². The Balaban J connectivity index is 2.68. The summed E-state index contributed by atoms with van der Waals surface area (Å²) in [6, 6.07) is 0. The lowest BCUT2D eigenvalue weighted by atomic mass is 9.79. The van der Waals surface area contributed by atoms with Gasteiger partial charge in [-0.25, -0.2) is 4.79 Å². The van der Waals surface area contributed by atoms with E-state index in [4.69, 9.17) is 9.47 Å². The zero-order valence-electron chi connectivity index (χ0n) is 13.1. The van der Waals surface area contributed by atoms with Crippen LogP contribution in [0.1, 0.15) is 66.2 Å². The maximum atomic E-state index is 12.0. The van der Waals surface area contributed by atoms with Crippen molar-refractivity contribution in [3.8, 4) is 0 Å². The fourth-order valence-electron chi connectivity index (χ4n) is 2.58. The molecule has 0 aromatic rings. The Bertz CT molecular complexity index is 340. The molecule has 1 aliphatic rings. The standard InChI is InChI=1S/C15H27NO4/c1-5-19-12(17)11-15(9-7-6-8-10-15)16-13(18)20-14(2,3)4/h5-11H2,1-4H3,(H,16,18). The maximum absolute atomic E-state index is 12.0. The van der Waals surface area contributed by atoms with Crippen LogP contribution in [0.15, 0.2) is 0 Å². The first-order chi connectivity index (χ1) is 9.26. The van der Waals surface area contributed by atoms with E-state index in [1.807, 2.05) is 20.8 Å². The molecule has 5 heteroatoms. The number of hydrogen-bond acceptors (Lipinski definition) is 4. The van der Waals surface area contributed by atoms with Crippen molar-refractivity contribution >= 4 is 12.1 Å². The fraction of sp³-hybridized carbons (Fsp3) is 0.867. The highest BCUT2D eigenvalue weighted by Gasteiger charge is 2.37. The summed E-state index contributed by atoms with van der Waals surface area (Å²) in [6.45, 7) is 7.62. The highest BCUT2D eigenvalue weighted by atomic mass is 16.6. The summed E-state index contributed by atoms with van der Waals surface area (Å²) in [7, 11) is 0. The molecule has 0 radical (unpaired) electrons. The Morgan fingerprint density at radius 3 is 2.25 bits per heavy atom. The predicted octanol–water partition coefficient (Wildman–Crippen LogP) is 3.17. The van der Waals surface area contributed by atoms with E-state index in [-0.39, 0.29) is 12.4 Å². The predicted molar refractivity (Wildman–Crippen MR) is 76.4 cm³/mol. The van der Waals surface area contributed by atoms with Crippen LogP contribution < -0.4 is 5.32 Å². The summed E-state index contributed by atoms with van der Waals surface area (Å²) >= 11 is 0. The van der Waals surface area contributed by atoms with Gasteiger partial charge in [-0.3, -0.25) is 4.79 Å². The fourth-order valence-corrected chi connectivity index (χ4v) is 2.58. The van der Waals surface area contributed by atoms with Crippen LogP contribution in [0.4, 0.5) is 4.79 Å². The molecule has 0 aromatic heterocycles. The Labute approximate surface area is 121 Å². The minimum Gasteiger partial charge on any atom is -0.466 e. The summed E-state index contributed by atoms with van der Waals surface area (Å²) < 4.78 is 10.3. The lowest BCUT2D eigenvalue weighted by Gasteiger charge is -2.37. The first-order valence-electron chi connectivity index (χ1n) is 7.43. The molecule has 1 aliphatic carbocycles. The lowest BCUT2D eigenvalue weighted by Crippen LogP contribution is -2.52. The van der Waals surface area contributed by atoms with Crippen molar-refractivity contribution in [2.45, 2.75) is 77.4 Å². The number of esters is 1. The average molecular weight is 285 g/mol. The molecule has 1 amide bonds. The van der Waals surface area contributed by atoms with Gasteiger partial charge in [0.2, 0.25) is 0 Å². The number of carbonyl (C=O) groups excluding carboxylic acids is 2. The molecule has 0 spiro atoms. The minimum absolute atomic E-state index is 0.222. The topological polar surface area (TPSA) is 64.6 Å². The zero-order chi connectivity index (χ0) is 15.2. The number of ether oxygens (including phenoxy) is 2. The molecule has 0 aromatic carbocycles. The van der Waals surface area contributed by atoms with Crippen molar-refractivity contribution in [2.75, 3.05) is 6.61 Å². The van der Waals surface area contributed by atoms with E-state index in [9.17, 15) is 9.59 Å². The Hall–Kier alpha value is -1.26. The van der Waals surface area contributed by atoms with E-state index in [0.717, 1.165) is 32.1 Å². The number of rotatable bonds is 4. The molecule has 0 aliphatic heterocycles. The van der Waals surface area contributed by atoms with Crippen molar-refractivity contribution in [1.82, 2.24) is 5.32 Å². The second-order valence-corrected chi connectivity index (χ2v) is 6.45. The van der Waals surface area contributed by atoms with Gasteiger partial charge < -0.3 is 14.8 Å². The average Bonchev–Trinajstić information content (AvgIpc) is 2.26. The van der Waals surface area contributed by atoms with Crippen molar-refractivity contribution in [2.24, 2.45) is 0 Å². The van der Waals surface area contributed by atoms with Crippen LogP contribution >= 0.6 is 0 Å². The molecular weight excluding hydrogens is 258 g/mol. The third kappa shape index (κ3) is 5.80. The van der Waals surface area contributed by atoms with Crippen LogP contribution in [-0.4, -0.2) is 29.8 Å². The number of carbonyl (C=O) groups is 2. The lowest BCUT2D eigenvalue weighted by molar-refractivity contribution is -0.145. The smallest absolute Gasteiger partial charge is 0.408 e. The molecule has 0 unspecified atom stereocenters. The first-order valence-corrected chi connectivity index (χ1v) is 7.43. The van der Waals surface area contributed by atoms with Crippen LogP contribution in [0.25, 0.3) is 0 Å². The van der Waals surface area contributed by atoms with Crippen molar-refractivity contribution in [1.29, 1.82) is 0 Å². The number of nitrogens with one attached hydrogen (secondary N) is 1. The molecule has 0 atom stereocenters. The van der Waals surface area contributed by atoms with Gasteiger partial charge in [-0.05, 0) is 40.5 Å². The van der Waals surface area contributed by atoms with E-state index < -0.39 is 17.2 Å². The SMILES string of the molecule is CCOC(=O)CC1(NC(=O)OC(C)(C)C)CCCCC1. The second kappa shape index (κ2) is 6.95. The van der Waals surface area contributed by atoms with Gasteiger partial charge in [0.1, 0.15) is 5.60 Å². The normalized spacial score (nSPS) is 18.2. The molecule has 1 N–H and O–H groups in total. The van der Waals surface area contributed by atoms with Gasteiger partial charge in [-0.1, -0.05) is 19.3 Å². The van der Waals surface area contributed by atoms with Gasteiger partial charge in [0.25, 0.3) is 0 Å². The molecular formula is C15H27NO4. The van der Waals surface area contributed by atoms with Crippen LogP contribution in [0, 0.1) is 0 Å². The molecule has 20 heavy (non-hydrogen) atoms. The quantitative estimate of drug-likeness (QED) is 0.806. The Kier molecular flexibility index (Phi) is 5.84. The highest BCUT2D eigenvalue weighted by Crippen LogP contribution is 2.31. The van der Waals surface area contributed by atoms with Gasteiger partial charge in [0, 0.05) is 0 Å².